The van der Waals surface area contributed by atoms with Crippen LogP contribution in [0.15, 0.2) is 28.9 Å². The summed E-state index contributed by atoms with van der Waals surface area (Å²) in [7, 11) is 0. The van der Waals surface area contributed by atoms with Crippen molar-refractivity contribution in [2.45, 2.75) is 33.6 Å². The molecule has 0 atom stereocenters. The van der Waals surface area contributed by atoms with Crippen LogP contribution in [0.3, 0.4) is 0 Å². The van der Waals surface area contributed by atoms with Crippen LogP contribution in [0.1, 0.15) is 40.6 Å². The van der Waals surface area contributed by atoms with Gasteiger partial charge in [-0.15, -0.1) is 0 Å². The standard InChI is InChI=1S/C18H21NO5/c1-4-7-23-13-5-6-14(11(2)8-13)19-18(22)17-12(3)10-24-15(17)9-16(20)21/h5-6,8,10H,4,7,9H2,1-3H3,(H,19,22)(H,20,21). The molecule has 1 aromatic carbocycles. The first-order valence-electron chi connectivity index (χ1n) is 7.76. The minimum absolute atomic E-state index is 0.151. The summed E-state index contributed by atoms with van der Waals surface area (Å²) in [6, 6.07) is 5.41. The summed E-state index contributed by atoms with van der Waals surface area (Å²) < 4.78 is 10.8. The number of hydrogen-bond acceptors (Lipinski definition) is 4. The Kier molecular flexibility index (Phi) is 5.63. The molecule has 0 saturated carbocycles. The van der Waals surface area contributed by atoms with Gasteiger partial charge >= 0.3 is 5.97 Å². The molecule has 0 unspecified atom stereocenters. The van der Waals surface area contributed by atoms with Gasteiger partial charge in [0.15, 0.2) is 0 Å². The van der Waals surface area contributed by atoms with Crippen LogP contribution in [-0.4, -0.2) is 23.6 Å². The van der Waals surface area contributed by atoms with Crippen molar-refractivity contribution in [3.05, 3.63) is 46.9 Å². The molecule has 1 heterocycles. The molecule has 128 valence electrons. The summed E-state index contributed by atoms with van der Waals surface area (Å²) in [5.74, 6) is -0.536. The largest absolute Gasteiger partial charge is 0.494 e. The number of aliphatic carboxylic acids is 1. The fourth-order valence-corrected chi connectivity index (χ4v) is 2.34. The number of carboxylic acids is 1. The maximum atomic E-state index is 12.5. The molecule has 0 saturated heterocycles. The van der Waals surface area contributed by atoms with Crippen molar-refractivity contribution < 1.29 is 23.8 Å². The first-order chi connectivity index (χ1) is 11.4. The number of rotatable bonds is 7. The van der Waals surface area contributed by atoms with Crippen LogP contribution in [-0.2, 0) is 11.2 Å². The molecule has 6 nitrogen and oxygen atoms in total. The van der Waals surface area contributed by atoms with Gasteiger partial charge < -0.3 is 19.6 Å². The van der Waals surface area contributed by atoms with E-state index in [0.29, 0.717) is 17.9 Å². The predicted molar refractivity (Wildman–Crippen MR) is 89.7 cm³/mol. The van der Waals surface area contributed by atoms with Crippen LogP contribution in [0, 0.1) is 13.8 Å². The van der Waals surface area contributed by atoms with Gasteiger partial charge in [0.25, 0.3) is 5.91 Å². The Morgan fingerprint density at radius 3 is 2.62 bits per heavy atom. The number of amides is 1. The summed E-state index contributed by atoms with van der Waals surface area (Å²) in [4.78, 5) is 23.4. The summed E-state index contributed by atoms with van der Waals surface area (Å²) in [6.07, 6.45) is 1.98. The Morgan fingerprint density at radius 2 is 2.00 bits per heavy atom. The van der Waals surface area contributed by atoms with E-state index >= 15 is 0 Å². The number of carbonyl (C=O) groups is 2. The Bertz CT molecular complexity index is 748. The van der Waals surface area contributed by atoms with Crippen molar-refractivity contribution in [1.29, 1.82) is 0 Å². The average Bonchev–Trinajstić information content (AvgIpc) is 2.87. The number of ether oxygens (including phenoxy) is 1. The fraction of sp³-hybridized carbons (Fsp3) is 0.333. The minimum Gasteiger partial charge on any atom is -0.494 e. The van der Waals surface area contributed by atoms with Crippen molar-refractivity contribution in [2.24, 2.45) is 0 Å². The molecule has 0 aliphatic heterocycles. The molecule has 1 amide bonds. The van der Waals surface area contributed by atoms with Crippen LogP contribution in [0.5, 0.6) is 5.75 Å². The number of furan rings is 1. The molecule has 24 heavy (non-hydrogen) atoms. The molecule has 0 bridgehead atoms. The lowest BCUT2D eigenvalue weighted by atomic mass is 10.1. The molecule has 2 N–H and O–H groups in total. The van der Waals surface area contributed by atoms with Crippen LogP contribution in [0.4, 0.5) is 5.69 Å². The van der Waals surface area contributed by atoms with E-state index in [1.807, 2.05) is 19.9 Å². The summed E-state index contributed by atoms with van der Waals surface area (Å²) >= 11 is 0. The van der Waals surface area contributed by atoms with E-state index < -0.39 is 5.97 Å². The van der Waals surface area contributed by atoms with Crippen LogP contribution in [0.25, 0.3) is 0 Å². The van der Waals surface area contributed by atoms with Crippen molar-refractivity contribution in [3.63, 3.8) is 0 Å². The van der Waals surface area contributed by atoms with E-state index in [0.717, 1.165) is 17.7 Å². The van der Waals surface area contributed by atoms with E-state index in [1.165, 1.54) is 6.26 Å². The maximum Gasteiger partial charge on any atom is 0.311 e. The second-order valence-corrected chi connectivity index (χ2v) is 5.57. The molecule has 0 aliphatic carbocycles. The molecule has 2 aromatic rings. The van der Waals surface area contributed by atoms with Gasteiger partial charge in [-0.25, -0.2) is 0 Å². The third kappa shape index (κ3) is 4.16. The SMILES string of the molecule is CCCOc1ccc(NC(=O)c2c(C)coc2CC(=O)O)c(C)c1. The smallest absolute Gasteiger partial charge is 0.311 e. The lowest BCUT2D eigenvalue weighted by Crippen LogP contribution is -2.16. The summed E-state index contributed by atoms with van der Waals surface area (Å²) in [5.41, 5.74) is 2.37. The third-order valence-corrected chi connectivity index (χ3v) is 3.51. The Hall–Kier alpha value is -2.76. The first kappa shape index (κ1) is 17.6. The van der Waals surface area contributed by atoms with Gasteiger partial charge in [-0.2, -0.15) is 0 Å². The zero-order chi connectivity index (χ0) is 17.7. The quantitative estimate of drug-likeness (QED) is 0.810. The molecular formula is C18H21NO5. The van der Waals surface area contributed by atoms with E-state index in [1.54, 1.807) is 19.1 Å². The number of nitrogens with one attached hydrogen (secondary N) is 1. The zero-order valence-corrected chi connectivity index (χ0v) is 14.0. The van der Waals surface area contributed by atoms with Gasteiger partial charge in [-0.3, -0.25) is 9.59 Å². The topological polar surface area (TPSA) is 88.8 Å². The highest BCUT2D eigenvalue weighted by molar-refractivity contribution is 6.06. The van der Waals surface area contributed by atoms with E-state index in [4.69, 9.17) is 14.3 Å². The highest BCUT2D eigenvalue weighted by Gasteiger charge is 2.21. The molecular weight excluding hydrogens is 310 g/mol. The second-order valence-electron chi connectivity index (χ2n) is 5.57. The van der Waals surface area contributed by atoms with E-state index in [9.17, 15) is 9.59 Å². The summed E-state index contributed by atoms with van der Waals surface area (Å²) in [6.45, 7) is 6.24. The Morgan fingerprint density at radius 1 is 1.25 bits per heavy atom. The van der Waals surface area contributed by atoms with Gasteiger partial charge in [-0.1, -0.05) is 6.92 Å². The highest BCUT2D eigenvalue weighted by Crippen LogP contribution is 2.24. The van der Waals surface area contributed by atoms with Gasteiger partial charge in [0, 0.05) is 11.3 Å². The van der Waals surface area contributed by atoms with Crippen molar-refractivity contribution in [3.8, 4) is 5.75 Å². The minimum atomic E-state index is -1.05. The normalized spacial score (nSPS) is 10.5. The van der Waals surface area contributed by atoms with Gasteiger partial charge in [-0.05, 0) is 44.0 Å². The molecule has 0 radical (unpaired) electrons. The molecule has 0 aliphatic rings. The van der Waals surface area contributed by atoms with Gasteiger partial charge in [0.2, 0.25) is 0 Å². The second kappa shape index (κ2) is 7.68. The molecule has 1 aromatic heterocycles. The molecule has 2 rings (SSSR count). The maximum absolute atomic E-state index is 12.5. The highest BCUT2D eigenvalue weighted by atomic mass is 16.5. The molecule has 0 fully saturated rings. The lowest BCUT2D eigenvalue weighted by molar-refractivity contribution is -0.136. The van der Waals surface area contributed by atoms with Gasteiger partial charge in [0.05, 0.1) is 18.4 Å². The number of aryl methyl sites for hydroxylation is 2. The number of hydrogen-bond donors (Lipinski definition) is 2. The van der Waals surface area contributed by atoms with Crippen molar-refractivity contribution in [2.75, 3.05) is 11.9 Å². The molecule has 0 spiro atoms. The summed E-state index contributed by atoms with van der Waals surface area (Å²) in [5, 5.41) is 11.7. The van der Waals surface area contributed by atoms with Crippen molar-refractivity contribution >= 4 is 17.6 Å². The average molecular weight is 331 g/mol. The van der Waals surface area contributed by atoms with Crippen molar-refractivity contribution in [1.82, 2.24) is 0 Å². The Balaban J connectivity index is 2.18. The molecule has 6 heteroatoms. The Labute approximate surface area is 140 Å². The first-order valence-corrected chi connectivity index (χ1v) is 7.76. The van der Waals surface area contributed by atoms with E-state index in [-0.39, 0.29) is 23.7 Å². The number of carboxylic acid groups (broad SMARTS) is 1. The number of benzene rings is 1. The third-order valence-electron chi connectivity index (χ3n) is 3.51. The fourth-order valence-electron chi connectivity index (χ4n) is 2.34. The predicted octanol–water partition coefficient (Wildman–Crippen LogP) is 3.56. The van der Waals surface area contributed by atoms with E-state index in [2.05, 4.69) is 5.32 Å². The van der Waals surface area contributed by atoms with Crippen LogP contribution < -0.4 is 10.1 Å². The monoisotopic (exact) mass is 331 g/mol. The number of carbonyl (C=O) groups excluding carboxylic acids is 1. The lowest BCUT2D eigenvalue weighted by Gasteiger charge is -2.11. The van der Waals surface area contributed by atoms with Crippen LogP contribution >= 0.6 is 0 Å². The number of anilines is 1. The zero-order valence-electron chi connectivity index (χ0n) is 14.0. The van der Waals surface area contributed by atoms with Crippen LogP contribution in [0.2, 0.25) is 0 Å². The van der Waals surface area contributed by atoms with Gasteiger partial charge in [0.1, 0.15) is 17.9 Å².